The van der Waals surface area contributed by atoms with Gasteiger partial charge in [0.15, 0.2) is 0 Å². The molecule has 0 fully saturated rings. The molecule has 2 N–H and O–H groups in total. The summed E-state index contributed by atoms with van der Waals surface area (Å²) in [6, 6.07) is 11.8. The second kappa shape index (κ2) is 10.2. The van der Waals surface area contributed by atoms with Crippen molar-refractivity contribution in [3.05, 3.63) is 54.1 Å². The summed E-state index contributed by atoms with van der Waals surface area (Å²) in [5.41, 5.74) is -0.476. The van der Waals surface area contributed by atoms with Gasteiger partial charge in [-0.3, -0.25) is 9.59 Å². The highest BCUT2D eigenvalue weighted by Gasteiger charge is 2.33. The first-order valence-corrected chi connectivity index (χ1v) is 9.77. The van der Waals surface area contributed by atoms with E-state index in [2.05, 4.69) is 10.6 Å². The molecule has 0 heterocycles. The Morgan fingerprint density at radius 3 is 2.29 bits per heavy atom. The molecule has 0 spiro atoms. The SMILES string of the molecule is CCCCC(=O)Nc1ccc(SCC(=O)Nc2ccccc2C(F)(F)F)cc1. The summed E-state index contributed by atoms with van der Waals surface area (Å²) >= 11 is 1.20. The van der Waals surface area contributed by atoms with Crippen LogP contribution in [0.3, 0.4) is 0 Å². The highest BCUT2D eigenvalue weighted by atomic mass is 32.2. The topological polar surface area (TPSA) is 58.2 Å². The lowest BCUT2D eigenvalue weighted by Gasteiger charge is -2.13. The zero-order chi connectivity index (χ0) is 20.6. The molecule has 2 aromatic carbocycles. The molecule has 0 aliphatic heterocycles. The average Bonchev–Trinajstić information content (AvgIpc) is 2.65. The molecular formula is C20H21F3N2O2S. The van der Waals surface area contributed by atoms with Crippen LogP contribution in [-0.4, -0.2) is 17.6 Å². The van der Waals surface area contributed by atoms with Gasteiger partial charge in [-0.2, -0.15) is 13.2 Å². The van der Waals surface area contributed by atoms with Gasteiger partial charge in [-0.25, -0.2) is 0 Å². The minimum Gasteiger partial charge on any atom is -0.326 e. The van der Waals surface area contributed by atoms with Crippen molar-refractivity contribution >= 4 is 35.0 Å². The van der Waals surface area contributed by atoms with Crippen molar-refractivity contribution in [2.24, 2.45) is 0 Å². The van der Waals surface area contributed by atoms with Crippen molar-refractivity contribution in [3.8, 4) is 0 Å². The van der Waals surface area contributed by atoms with Gasteiger partial charge in [0, 0.05) is 17.0 Å². The van der Waals surface area contributed by atoms with Crippen LogP contribution >= 0.6 is 11.8 Å². The zero-order valence-electron chi connectivity index (χ0n) is 15.3. The molecule has 0 saturated carbocycles. The number of benzene rings is 2. The van der Waals surface area contributed by atoms with Crippen LogP contribution in [-0.2, 0) is 15.8 Å². The Kier molecular flexibility index (Phi) is 7.92. The van der Waals surface area contributed by atoms with Crippen molar-refractivity contribution in [1.29, 1.82) is 0 Å². The summed E-state index contributed by atoms with van der Waals surface area (Å²) in [7, 11) is 0. The monoisotopic (exact) mass is 410 g/mol. The number of carbonyl (C=O) groups is 2. The van der Waals surface area contributed by atoms with E-state index >= 15 is 0 Å². The average molecular weight is 410 g/mol. The maximum Gasteiger partial charge on any atom is 0.418 e. The predicted octanol–water partition coefficient (Wildman–Crippen LogP) is 5.56. The Morgan fingerprint density at radius 2 is 1.64 bits per heavy atom. The van der Waals surface area contributed by atoms with Gasteiger partial charge >= 0.3 is 6.18 Å². The Hall–Kier alpha value is -2.48. The largest absolute Gasteiger partial charge is 0.418 e. The van der Waals surface area contributed by atoms with Gasteiger partial charge in [-0.05, 0) is 42.8 Å². The number of unbranched alkanes of at least 4 members (excludes halogenated alkanes) is 1. The summed E-state index contributed by atoms with van der Waals surface area (Å²) < 4.78 is 38.9. The Bertz CT molecular complexity index is 808. The molecule has 0 saturated heterocycles. The third kappa shape index (κ3) is 6.92. The van der Waals surface area contributed by atoms with Crippen molar-refractivity contribution in [1.82, 2.24) is 0 Å². The summed E-state index contributed by atoms with van der Waals surface area (Å²) in [6.45, 7) is 2.01. The lowest BCUT2D eigenvalue weighted by Crippen LogP contribution is -2.18. The number of hydrogen-bond acceptors (Lipinski definition) is 3. The first-order valence-electron chi connectivity index (χ1n) is 8.78. The minimum atomic E-state index is -4.53. The summed E-state index contributed by atoms with van der Waals surface area (Å²) in [5, 5.41) is 5.10. The van der Waals surface area contributed by atoms with Crippen molar-refractivity contribution in [3.63, 3.8) is 0 Å². The quantitative estimate of drug-likeness (QED) is 0.560. The number of para-hydroxylation sites is 1. The van der Waals surface area contributed by atoms with Crippen LogP contribution in [0.4, 0.5) is 24.5 Å². The van der Waals surface area contributed by atoms with E-state index in [1.807, 2.05) is 6.92 Å². The van der Waals surface area contributed by atoms with E-state index in [4.69, 9.17) is 0 Å². The molecule has 2 amide bonds. The lowest BCUT2D eigenvalue weighted by molar-refractivity contribution is -0.137. The van der Waals surface area contributed by atoms with E-state index in [0.717, 1.165) is 23.8 Å². The number of alkyl halides is 3. The second-order valence-corrected chi connectivity index (χ2v) is 7.11. The molecular weight excluding hydrogens is 389 g/mol. The van der Waals surface area contributed by atoms with Gasteiger partial charge in [-0.15, -0.1) is 11.8 Å². The fourth-order valence-corrected chi connectivity index (χ4v) is 3.07. The Labute approximate surface area is 165 Å². The zero-order valence-corrected chi connectivity index (χ0v) is 16.1. The number of rotatable bonds is 8. The molecule has 28 heavy (non-hydrogen) atoms. The number of amides is 2. The standard InChI is InChI=1S/C20H21F3N2O2S/c1-2-3-8-18(26)24-14-9-11-15(12-10-14)28-13-19(27)25-17-7-5-4-6-16(17)20(21,22)23/h4-7,9-12H,2-3,8,13H2,1H3,(H,24,26)(H,25,27). The molecule has 2 rings (SSSR count). The van der Waals surface area contributed by atoms with Gasteiger partial charge < -0.3 is 10.6 Å². The number of thioether (sulfide) groups is 1. The van der Waals surface area contributed by atoms with E-state index in [9.17, 15) is 22.8 Å². The predicted molar refractivity (Wildman–Crippen MR) is 105 cm³/mol. The van der Waals surface area contributed by atoms with Crippen LogP contribution in [0.15, 0.2) is 53.4 Å². The maximum absolute atomic E-state index is 13.0. The highest BCUT2D eigenvalue weighted by Crippen LogP contribution is 2.34. The smallest absolute Gasteiger partial charge is 0.326 e. The fourth-order valence-electron chi connectivity index (χ4n) is 2.37. The Morgan fingerprint density at radius 1 is 0.964 bits per heavy atom. The van der Waals surface area contributed by atoms with Gasteiger partial charge in [0.1, 0.15) is 0 Å². The Balaban J connectivity index is 1.87. The second-order valence-electron chi connectivity index (χ2n) is 6.06. The molecule has 2 aromatic rings. The highest BCUT2D eigenvalue weighted by molar-refractivity contribution is 8.00. The molecule has 8 heteroatoms. The van der Waals surface area contributed by atoms with Gasteiger partial charge in [0.25, 0.3) is 0 Å². The number of hydrogen-bond donors (Lipinski definition) is 2. The van der Waals surface area contributed by atoms with Crippen molar-refractivity contribution in [2.75, 3.05) is 16.4 Å². The van der Waals surface area contributed by atoms with Crippen LogP contribution in [0.5, 0.6) is 0 Å². The molecule has 150 valence electrons. The van der Waals surface area contributed by atoms with Crippen LogP contribution in [0.25, 0.3) is 0 Å². The van der Waals surface area contributed by atoms with E-state index in [-0.39, 0.29) is 17.3 Å². The van der Waals surface area contributed by atoms with Crippen molar-refractivity contribution in [2.45, 2.75) is 37.3 Å². The summed E-state index contributed by atoms with van der Waals surface area (Å²) in [4.78, 5) is 24.5. The van der Waals surface area contributed by atoms with E-state index in [1.54, 1.807) is 24.3 Å². The molecule has 0 radical (unpaired) electrons. The lowest BCUT2D eigenvalue weighted by atomic mass is 10.1. The molecule has 0 aliphatic carbocycles. The van der Waals surface area contributed by atoms with Gasteiger partial charge in [-0.1, -0.05) is 25.5 Å². The third-order valence-corrected chi connectivity index (χ3v) is 4.78. The van der Waals surface area contributed by atoms with Crippen LogP contribution in [0.2, 0.25) is 0 Å². The van der Waals surface area contributed by atoms with Gasteiger partial charge in [0.2, 0.25) is 11.8 Å². The van der Waals surface area contributed by atoms with Gasteiger partial charge in [0.05, 0.1) is 17.0 Å². The molecule has 4 nitrogen and oxygen atoms in total. The number of nitrogens with one attached hydrogen (secondary N) is 2. The van der Waals surface area contributed by atoms with E-state index in [1.165, 1.54) is 30.0 Å². The first kappa shape index (κ1) is 21.8. The third-order valence-electron chi connectivity index (χ3n) is 3.77. The minimum absolute atomic E-state index is 0.0333. The summed E-state index contributed by atoms with van der Waals surface area (Å²) in [5.74, 6) is -0.613. The molecule has 0 aliphatic rings. The van der Waals surface area contributed by atoms with Crippen LogP contribution in [0, 0.1) is 0 Å². The van der Waals surface area contributed by atoms with E-state index < -0.39 is 17.6 Å². The normalized spacial score (nSPS) is 11.1. The van der Waals surface area contributed by atoms with Crippen LogP contribution < -0.4 is 10.6 Å². The fraction of sp³-hybridized carbons (Fsp3) is 0.300. The van der Waals surface area contributed by atoms with Crippen LogP contribution in [0.1, 0.15) is 31.7 Å². The first-order chi connectivity index (χ1) is 13.3. The maximum atomic E-state index is 13.0. The summed E-state index contributed by atoms with van der Waals surface area (Å²) in [6.07, 6.45) is -2.30. The number of anilines is 2. The number of carbonyl (C=O) groups excluding carboxylic acids is 2. The molecule has 0 unspecified atom stereocenters. The van der Waals surface area contributed by atoms with E-state index in [0.29, 0.717) is 12.1 Å². The molecule has 0 atom stereocenters. The van der Waals surface area contributed by atoms with Crippen molar-refractivity contribution < 1.29 is 22.8 Å². The number of halogens is 3. The molecule has 0 bridgehead atoms. The molecule has 0 aromatic heterocycles.